The van der Waals surface area contributed by atoms with Crippen molar-refractivity contribution in [2.75, 3.05) is 6.07 Å². The van der Waals surface area contributed by atoms with Gasteiger partial charge in [-0.05, 0) is 31.9 Å². The fraction of sp³-hybridized carbons (Fsp3) is 0.167. The fourth-order valence-electron chi connectivity index (χ4n) is 0.753. The fourth-order valence-corrected chi connectivity index (χ4v) is 1.54. The van der Waals surface area contributed by atoms with Gasteiger partial charge in [-0.1, -0.05) is 11.6 Å². The van der Waals surface area contributed by atoms with E-state index in [1.54, 1.807) is 0 Å². The molecule has 0 unspecified atom stereocenters. The summed E-state index contributed by atoms with van der Waals surface area (Å²) in [5.41, 5.74) is 0. The number of alkyl halides is 1. The first-order chi connectivity index (χ1) is 6.50. The molecule has 3 amide bonds. The Labute approximate surface area is 100 Å². The van der Waals surface area contributed by atoms with Crippen LogP contribution in [0.3, 0.4) is 0 Å². The number of carbonyl (C=O) groups excluding carboxylic acids is 3. The number of ether oxygens (including phenoxy) is 1. The highest BCUT2D eigenvalue weighted by atomic mass is 79.9. The SMILES string of the molecule is O=C(OCCl)N1C(=O)C(Br)=C(Br)C1=O. The topological polar surface area (TPSA) is 63.7 Å². The Hall–Kier alpha value is -0.400. The molecule has 0 aromatic rings. The van der Waals surface area contributed by atoms with Gasteiger partial charge in [0, 0.05) is 0 Å². The average Bonchev–Trinajstić information content (AvgIpc) is 2.32. The van der Waals surface area contributed by atoms with Crippen LogP contribution in [0, 0.1) is 0 Å². The van der Waals surface area contributed by atoms with E-state index in [2.05, 4.69) is 36.6 Å². The number of imide groups is 3. The summed E-state index contributed by atoms with van der Waals surface area (Å²) in [6.45, 7) is 0. The quantitative estimate of drug-likeness (QED) is 0.535. The molecule has 0 spiro atoms. The maximum absolute atomic E-state index is 11.3. The van der Waals surface area contributed by atoms with Gasteiger partial charge in [-0.25, -0.2) is 4.79 Å². The summed E-state index contributed by atoms with van der Waals surface area (Å²) in [6.07, 6.45) is -1.10. The van der Waals surface area contributed by atoms with Crippen molar-refractivity contribution >= 4 is 61.4 Å². The summed E-state index contributed by atoms with van der Waals surface area (Å²) in [5.74, 6) is -1.56. The highest BCUT2D eigenvalue weighted by Crippen LogP contribution is 2.29. The van der Waals surface area contributed by atoms with Crippen molar-refractivity contribution < 1.29 is 19.1 Å². The monoisotopic (exact) mass is 345 g/mol. The first-order valence-corrected chi connectivity index (χ1v) is 5.29. The maximum atomic E-state index is 11.3. The van der Waals surface area contributed by atoms with Crippen molar-refractivity contribution in [1.29, 1.82) is 0 Å². The molecule has 0 radical (unpaired) electrons. The Balaban J connectivity index is 2.92. The number of nitrogens with zero attached hydrogens (tertiary/aromatic N) is 1. The molecule has 1 aliphatic rings. The van der Waals surface area contributed by atoms with Crippen molar-refractivity contribution in [3.8, 4) is 0 Å². The van der Waals surface area contributed by atoms with E-state index in [1.807, 2.05) is 0 Å². The summed E-state index contributed by atoms with van der Waals surface area (Å²) >= 11 is 10.8. The second kappa shape index (κ2) is 4.41. The Morgan fingerprint density at radius 2 is 1.71 bits per heavy atom. The summed E-state index contributed by atoms with van der Waals surface area (Å²) in [4.78, 5) is 33.9. The molecular formula is C6H2Br2ClNO4. The summed E-state index contributed by atoms with van der Waals surface area (Å²) in [5, 5.41) is 0. The smallest absolute Gasteiger partial charge is 0.425 e. The molecule has 0 saturated carbocycles. The van der Waals surface area contributed by atoms with Crippen LogP contribution in [0.15, 0.2) is 8.96 Å². The lowest BCUT2D eigenvalue weighted by Gasteiger charge is -2.10. The first-order valence-electron chi connectivity index (χ1n) is 3.17. The van der Waals surface area contributed by atoms with E-state index in [4.69, 9.17) is 11.6 Å². The van der Waals surface area contributed by atoms with E-state index >= 15 is 0 Å². The standard InChI is InChI=1S/C6H2Br2ClNO4/c7-2-3(8)5(12)10(4(2)11)6(13)14-1-9/h1H2. The van der Waals surface area contributed by atoms with Gasteiger partial charge >= 0.3 is 6.09 Å². The van der Waals surface area contributed by atoms with Gasteiger partial charge in [-0.3, -0.25) is 9.59 Å². The molecule has 0 saturated heterocycles. The largest absolute Gasteiger partial charge is 0.432 e. The molecule has 1 aliphatic heterocycles. The van der Waals surface area contributed by atoms with Crippen LogP contribution in [0.25, 0.3) is 0 Å². The van der Waals surface area contributed by atoms with E-state index in [-0.39, 0.29) is 8.96 Å². The summed E-state index contributed by atoms with van der Waals surface area (Å²) in [6, 6.07) is -0.425. The van der Waals surface area contributed by atoms with Crippen LogP contribution in [-0.2, 0) is 14.3 Å². The van der Waals surface area contributed by atoms with Gasteiger partial charge in [0.05, 0.1) is 0 Å². The lowest BCUT2D eigenvalue weighted by Crippen LogP contribution is -2.37. The Kier molecular flexibility index (Phi) is 3.68. The summed E-state index contributed by atoms with van der Waals surface area (Å²) in [7, 11) is 0. The lowest BCUT2D eigenvalue weighted by atomic mass is 10.6. The molecule has 0 fully saturated rings. The average molecular weight is 347 g/mol. The minimum Gasteiger partial charge on any atom is -0.432 e. The minimum atomic E-state index is -1.10. The number of rotatable bonds is 1. The predicted molar refractivity (Wildman–Crippen MR) is 53.9 cm³/mol. The van der Waals surface area contributed by atoms with Gasteiger partial charge in [0.15, 0.2) is 6.07 Å². The molecule has 1 heterocycles. The number of carbonyl (C=O) groups is 3. The van der Waals surface area contributed by atoms with Crippen molar-refractivity contribution in [2.45, 2.75) is 0 Å². The molecule has 0 bridgehead atoms. The van der Waals surface area contributed by atoms with Crippen LogP contribution in [0.1, 0.15) is 0 Å². The second-order valence-corrected chi connectivity index (χ2v) is 3.90. The number of halogens is 3. The van der Waals surface area contributed by atoms with E-state index in [1.165, 1.54) is 0 Å². The molecule has 0 aliphatic carbocycles. The minimum absolute atomic E-state index is 0.0194. The highest BCUT2D eigenvalue weighted by molar-refractivity contribution is 9.14. The van der Waals surface area contributed by atoms with Gasteiger partial charge < -0.3 is 4.74 Å². The molecule has 1 rings (SSSR count). The van der Waals surface area contributed by atoms with Crippen LogP contribution in [0.2, 0.25) is 0 Å². The molecule has 0 aromatic heterocycles. The zero-order chi connectivity index (χ0) is 10.9. The van der Waals surface area contributed by atoms with Gasteiger partial charge in [0.1, 0.15) is 8.96 Å². The van der Waals surface area contributed by atoms with Crippen LogP contribution in [-0.4, -0.2) is 28.9 Å². The lowest BCUT2D eigenvalue weighted by molar-refractivity contribution is -0.134. The Morgan fingerprint density at radius 1 is 1.29 bits per heavy atom. The Morgan fingerprint density at radius 3 is 2.07 bits per heavy atom. The molecule has 14 heavy (non-hydrogen) atoms. The zero-order valence-electron chi connectivity index (χ0n) is 6.42. The maximum Gasteiger partial charge on any atom is 0.425 e. The van der Waals surface area contributed by atoms with Crippen LogP contribution >= 0.6 is 43.5 Å². The first kappa shape index (κ1) is 11.7. The molecule has 0 atom stereocenters. The van der Waals surface area contributed by atoms with Gasteiger partial charge in [0.25, 0.3) is 11.8 Å². The molecule has 5 nitrogen and oxygen atoms in total. The zero-order valence-corrected chi connectivity index (χ0v) is 10.3. The normalized spacial score (nSPS) is 16.6. The van der Waals surface area contributed by atoms with Crippen molar-refractivity contribution in [3.05, 3.63) is 8.96 Å². The van der Waals surface area contributed by atoms with Crippen LogP contribution < -0.4 is 0 Å². The molecule has 8 heteroatoms. The van der Waals surface area contributed by atoms with E-state index in [0.29, 0.717) is 4.90 Å². The van der Waals surface area contributed by atoms with Crippen LogP contribution in [0.5, 0.6) is 0 Å². The molecule has 76 valence electrons. The summed E-state index contributed by atoms with van der Waals surface area (Å²) < 4.78 is 4.27. The molecular weight excluding hydrogens is 345 g/mol. The highest BCUT2D eigenvalue weighted by Gasteiger charge is 2.41. The number of hydrogen-bond acceptors (Lipinski definition) is 4. The van der Waals surface area contributed by atoms with Crippen LogP contribution in [0.4, 0.5) is 4.79 Å². The van der Waals surface area contributed by atoms with Gasteiger partial charge in [-0.15, -0.1) is 0 Å². The molecule has 0 N–H and O–H groups in total. The van der Waals surface area contributed by atoms with Gasteiger partial charge in [-0.2, -0.15) is 4.90 Å². The van der Waals surface area contributed by atoms with Gasteiger partial charge in [0.2, 0.25) is 0 Å². The third-order valence-corrected chi connectivity index (χ3v) is 3.45. The van der Waals surface area contributed by atoms with E-state index < -0.39 is 24.0 Å². The predicted octanol–water partition coefficient (Wildman–Crippen LogP) is 1.69. The van der Waals surface area contributed by atoms with Crippen molar-refractivity contribution in [2.24, 2.45) is 0 Å². The van der Waals surface area contributed by atoms with Crippen molar-refractivity contribution in [3.63, 3.8) is 0 Å². The molecule has 0 aromatic carbocycles. The van der Waals surface area contributed by atoms with Crippen molar-refractivity contribution in [1.82, 2.24) is 4.90 Å². The Bertz CT molecular complexity index is 330. The number of hydrogen-bond donors (Lipinski definition) is 0. The van der Waals surface area contributed by atoms with E-state index in [9.17, 15) is 14.4 Å². The number of amides is 3. The van der Waals surface area contributed by atoms with E-state index in [0.717, 1.165) is 0 Å². The second-order valence-electron chi connectivity index (χ2n) is 2.09. The third-order valence-electron chi connectivity index (χ3n) is 1.34. The third kappa shape index (κ3) is 1.84.